The molecule has 1 heterocycles. The first-order valence-electron chi connectivity index (χ1n) is 12.9. The molecule has 2 aromatic carbocycles. The second kappa shape index (κ2) is 11.8. The van der Waals surface area contributed by atoms with Crippen molar-refractivity contribution in [3.8, 4) is 5.75 Å². The van der Waals surface area contributed by atoms with E-state index in [-0.39, 0.29) is 49.3 Å². The van der Waals surface area contributed by atoms with E-state index < -0.39 is 18.0 Å². The zero-order valence-corrected chi connectivity index (χ0v) is 21.9. The van der Waals surface area contributed by atoms with Crippen LogP contribution in [0, 0.1) is 17.7 Å². The van der Waals surface area contributed by atoms with Gasteiger partial charge < -0.3 is 30.3 Å². The number of urea groups is 1. The quantitative estimate of drug-likeness (QED) is 0.512. The van der Waals surface area contributed by atoms with Crippen molar-refractivity contribution in [3.05, 3.63) is 53.8 Å². The number of nitrogens with zero attached hydrogens (tertiary/aromatic N) is 2. The van der Waals surface area contributed by atoms with Gasteiger partial charge in [0.15, 0.2) is 0 Å². The second-order valence-electron chi connectivity index (χ2n) is 10.3. The van der Waals surface area contributed by atoms with Gasteiger partial charge in [-0.3, -0.25) is 9.59 Å². The van der Waals surface area contributed by atoms with Crippen molar-refractivity contribution >= 4 is 29.2 Å². The van der Waals surface area contributed by atoms with Crippen LogP contribution < -0.4 is 15.4 Å². The molecule has 3 atom stereocenters. The highest BCUT2D eigenvalue weighted by molar-refractivity contribution is 5.94. The lowest BCUT2D eigenvalue weighted by Crippen LogP contribution is -2.48. The Bertz CT molecular complexity index is 1170. The van der Waals surface area contributed by atoms with E-state index in [1.165, 1.54) is 29.2 Å². The Labute approximate surface area is 221 Å². The van der Waals surface area contributed by atoms with Gasteiger partial charge >= 0.3 is 6.03 Å². The molecule has 0 aromatic heterocycles. The fraction of sp³-hybridized carbons (Fsp3) is 0.464. The number of ether oxygens (including phenoxy) is 1. The predicted molar refractivity (Wildman–Crippen MR) is 141 cm³/mol. The van der Waals surface area contributed by atoms with Gasteiger partial charge in [0.25, 0.3) is 0 Å². The Morgan fingerprint density at radius 1 is 1.16 bits per heavy atom. The largest absolute Gasteiger partial charge is 0.488 e. The summed E-state index contributed by atoms with van der Waals surface area (Å²) in [5, 5.41) is 15.5. The van der Waals surface area contributed by atoms with E-state index >= 15 is 0 Å². The molecule has 204 valence electrons. The molecule has 0 spiro atoms. The number of rotatable bonds is 7. The summed E-state index contributed by atoms with van der Waals surface area (Å²) in [5.74, 6) is -0.220. The van der Waals surface area contributed by atoms with E-state index in [9.17, 15) is 23.9 Å². The van der Waals surface area contributed by atoms with Crippen molar-refractivity contribution < 1.29 is 28.6 Å². The second-order valence-corrected chi connectivity index (χ2v) is 10.3. The molecule has 0 bridgehead atoms. The molecule has 0 saturated heterocycles. The van der Waals surface area contributed by atoms with Crippen LogP contribution in [0.1, 0.15) is 32.3 Å². The van der Waals surface area contributed by atoms with Gasteiger partial charge in [-0.05, 0) is 62.2 Å². The van der Waals surface area contributed by atoms with Crippen molar-refractivity contribution in [2.45, 2.75) is 45.3 Å². The highest BCUT2D eigenvalue weighted by Crippen LogP contribution is 2.32. The van der Waals surface area contributed by atoms with E-state index in [2.05, 4.69) is 10.6 Å². The average molecular weight is 527 g/mol. The molecule has 1 aliphatic carbocycles. The van der Waals surface area contributed by atoms with Crippen molar-refractivity contribution in [3.63, 3.8) is 0 Å². The van der Waals surface area contributed by atoms with Crippen LogP contribution in [0.3, 0.4) is 0 Å². The number of halogens is 1. The normalized spacial score (nSPS) is 20.2. The molecule has 0 radical (unpaired) electrons. The molecule has 2 aliphatic rings. The number of likely N-dealkylation sites (N-methyl/N-ethyl adjacent to an activating group) is 1. The summed E-state index contributed by atoms with van der Waals surface area (Å²) in [6.45, 7) is 4.08. The molecule has 9 nitrogen and oxygen atoms in total. The Morgan fingerprint density at radius 2 is 1.84 bits per heavy atom. The molecular weight excluding hydrogens is 491 g/mol. The third kappa shape index (κ3) is 6.80. The van der Waals surface area contributed by atoms with Gasteiger partial charge in [0.1, 0.15) is 17.7 Å². The molecule has 4 amide bonds. The van der Waals surface area contributed by atoms with E-state index in [4.69, 9.17) is 4.74 Å². The van der Waals surface area contributed by atoms with Gasteiger partial charge in [-0.1, -0.05) is 6.92 Å². The van der Waals surface area contributed by atoms with Crippen LogP contribution in [-0.4, -0.2) is 71.6 Å². The minimum absolute atomic E-state index is 0.0314. The summed E-state index contributed by atoms with van der Waals surface area (Å²) in [5.41, 5.74) is 1.68. The lowest BCUT2D eigenvalue weighted by Gasteiger charge is -2.34. The van der Waals surface area contributed by atoms with Gasteiger partial charge in [0.2, 0.25) is 11.8 Å². The van der Waals surface area contributed by atoms with E-state index in [0.29, 0.717) is 29.2 Å². The van der Waals surface area contributed by atoms with Gasteiger partial charge in [0.05, 0.1) is 25.6 Å². The number of hydrogen-bond donors (Lipinski definition) is 3. The first-order valence-corrected chi connectivity index (χ1v) is 12.9. The molecule has 4 rings (SSSR count). The summed E-state index contributed by atoms with van der Waals surface area (Å²) >= 11 is 0. The minimum Gasteiger partial charge on any atom is -0.488 e. The summed E-state index contributed by atoms with van der Waals surface area (Å²) in [6, 6.07) is 9.97. The van der Waals surface area contributed by atoms with Gasteiger partial charge in [-0.15, -0.1) is 0 Å². The van der Waals surface area contributed by atoms with Crippen molar-refractivity contribution in [1.29, 1.82) is 0 Å². The van der Waals surface area contributed by atoms with Gasteiger partial charge in [0, 0.05) is 42.4 Å². The Morgan fingerprint density at radius 3 is 2.50 bits per heavy atom. The Kier molecular flexibility index (Phi) is 8.51. The highest BCUT2D eigenvalue weighted by Gasteiger charge is 2.33. The summed E-state index contributed by atoms with van der Waals surface area (Å²) in [6.07, 6.45) is 1.33. The van der Waals surface area contributed by atoms with Crippen molar-refractivity contribution in [2.24, 2.45) is 11.8 Å². The van der Waals surface area contributed by atoms with Crippen LogP contribution in [0.15, 0.2) is 42.5 Å². The van der Waals surface area contributed by atoms with Crippen LogP contribution in [0.25, 0.3) is 0 Å². The third-order valence-corrected chi connectivity index (χ3v) is 7.03. The Hall–Kier alpha value is -3.66. The number of anilines is 2. The fourth-order valence-corrected chi connectivity index (χ4v) is 4.42. The van der Waals surface area contributed by atoms with E-state index in [1.54, 1.807) is 37.1 Å². The number of aliphatic hydroxyl groups excluding tert-OH is 1. The summed E-state index contributed by atoms with van der Waals surface area (Å²) in [7, 11) is 1.64. The first-order chi connectivity index (χ1) is 18.1. The fourth-order valence-electron chi connectivity index (χ4n) is 4.42. The standard InChI is InChI=1S/C28H35FN4O5/c1-17-14-33(18(2)16-34)26(35)13-20-12-23(30-27(36)19-4-5-19)10-11-24(20)38-25(17)15-32(3)28(37)31-22-8-6-21(29)7-9-22/h6-12,17-19,25,34H,4-5,13-16H2,1-3H3,(H,30,36)(H,31,37)/t17-,18+,25+/m0/s1. The third-order valence-electron chi connectivity index (χ3n) is 7.03. The monoisotopic (exact) mass is 526 g/mol. The maximum absolute atomic E-state index is 13.3. The number of aliphatic hydroxyl groups is 1. The van der Waals surface area contributed by atoms with Crippen LogP contribution in [0.2, 0.25) is 0 Å². The minimum atomic E-state index is -0.482. The van der Waals surface area contributed by atoms with Crippen molar-refractivity contribution in [2.75, 3.05) is 37.4 Å². The molecule has 3 N–H and O–H groups in total. The number of nitrogens with one attached hydrogen (secondary N) is 2. The maximum atomic E-state index is 13.3. The summed E-state index contributed by atoms with van der Waals surface area (Å²) in [4.78, 5) is 41.6. The topological polar surface area (TPSA) is 111 Å². The number of carbonyl (C=O) groups is 3. The smallest absolute Gasteiger partial charge is 0.321 e. The zero-order chi connectivity index (χ0) is 27.4. The summed E-state index contributed by atoms with van der Waals surface area (Å²) < 4.78 is 19.6. The Balaban J connectivity index is 1.56. The number of benzene rings is 2. The molecule has 1 aliphatic heterocycles. The molecular formula is C28H35FN4O5. The van der Waals surface area contributed by atoms with Crippen molar-refractivity contribution in [1.82, 2.24) is 9.80 Å². The van der Waals surface area contributed by atoms with Crippen LogP contribution >= 0.6 is 0 Å². The molecule has 38 heavy (non-hydrogen) atoms. The van der Waals surface area contributed by atoms with Gasteiger partial charge in [-0.25, -0.2) is 9.18 Å². The molecule has 10 heteroatoms. The molecule has 1 saturated carbocycles. The molecule has 1 fully saturated rings. The molecule has 0 unspecified atom stereocenters. The molecule has 2 aromatic rings. The van der Waals surface area contributed by atoms with E-state index in [1.807, 2.05) is 6.92 Å². The number of carbonyl (C=O) groups excluding carboxylic acids is 3. The predicted octanol–water partition coefficient (Wildman–Crippen LogP) is 3.49. The van der Waals surface area contributed by atoms with E-state index in [0.717, 1.165) is 12.8 Å². The van der Waals surface area contributed by atoms with Crippen LogP contribution in [-0.2, 0) is 16.0 Å². The number of hydrogen-bond acceptors (Lipinski definition) is 5. The van der Waals surface area contributed by atoms with Crippen LogP contribution in [0.4, 0.5) is 20.6 Å². The average Bonchev–Trinajstić information content (AvgIpc) is 3.74. The maximum Gasteiger partial charge on any atom is 0.321 e. The van der Waals surface area contributed by atoms with Gasteiger partial charge in [-0.2, -0.15) is 0 Å². The SMILES string of the molecule is C[C@H](CO)N1C[C@H](C)[C@@H](CN(C)C(=O)Nc2ccc(F)cc2)Oc2ccc(NC(=O)C3CC3)cc2CC1=O. The lowest BCUT2D eigenvalue weighted by atomic mass is 10.0. The number of amides is 4. The van der Waals surface area contributed by atoms with Crippen LogP contribution in [0.5, 0.6) is 5.75 Å². The first kappa shape index (κ1) is 27.4. The lowest BCUT2D eigenvalue weighted by molar-refractivity contribution is -0.134. The zero-order valence-electron chi connectivity index (χ0n) is 21.9. The number of fused-ring (bicyclic) bond motifs is 1. The highest BCUT2D eigenvalue weighted by atomic mass is 19.1.